The smallest absolute Gasteiger partial charge is 0.00773 e. The van der Waals surface area contributed by atoms with Crippen molar-refractivity contribution in [3.05, 3.63) is 12.2 Å². The van der Waals surface area contributed by atoms with Gasteiger partial charge in [0.15, 0.2) is 0 Å². The monoisotopic (exact) mass is 281 g/mol. The van der Waals surface area contributed by atoms with E-state index < -0.39 is 0 Å². The van der Waals surface area contributed by atoms with Crippen molar-refractivity contribution in [1.29, 1.82) is 0 Å². The summed E-state index contributed by atoms with van der Waals surface area (Å²) in [5.41, 5.74) is 5.48. The summed E-state index contributed by atoms with van der Waals surface area (Å²) in [6.45, 7) is 3.15. The first-order valence-corrected chi connectivity index (χ1v) is 9.27. The van der Waals surface area contributed by atoms with Gasteiger partial charge in [-0.1, -0.05) is 83.3 Å². The van der Waals surface area contributed by atoms with E-state index in [0.717, 1.165) is 6.54 Å². The Kier molecular flexibility index (Phi) is 18.4. The number of nitrogens with two attached hydrogens (primary N) is 1. The van der Waals surface area contributed by atoms with E-state index in [1.165, 1.54) is 96.3 Å². The molecule has 1 heteroatoms. The average molecular weight is 282 g/mol. The van der Waals surface area contributed by atoms with Crippen LogP contribution in [0.4, 0.5) is 0 Å². The Morgan fingerprint density at radius 3 is 1.40 bits per heavy atom. The quantitative estimate of drug-likeness (QED) is 0.258. The largest absolute Gasteiger partial charge is 0.330 e. The molecule has 0 heterocycles. The lowest BCUT2D eigenvalue weighted by atomic mass is 10.1. The molecule has 0 rings (SSSR count). The van der Waals surface area contributed by atoms with E-state index in [4.69, 9.17) is 5.73 Å². The van der Waals surface area contributed by atoms with Gasteiger partial charge < -0.3 is 5.73 Å². The highest BCUT2D eigenvalue weighted by molar-refractivity contribution is 4.81. The molecular formula is C19H39N. The molecule has 0 atom stereocenters. The van der Waals surface area contributed by atoms with E-state index >= 15 is 0 Å². The number of hydrogen-bond donors (Lipinski definition) is 1. The van der Waals surface area contributed by atoms with Crippen molar-refractivity contribution in [2.45, 2.75) is 103 Å². The molecule has 0 fully saturated rings. The van der Waals surface area contributed by atoms with Crippen LogP contribution in [0.1, 0.15) is 103 Å². The number of rotatable bonds is 16. The van der Waals surface area contributed by atoms with Crippen molar-refractivity contribution in [3.8, 4) is 0 Å². The zero-order valence-corrected chi connectivity index (χ0v) is 14.0. The van der Waals surface area contributed by atoms with Crippen LogP contribution in [0.5, 0.6) is 0 Å². The molecule has 0 aromatic rings. The molecule has 120 valence electrons. The molecule has 0 radical (unpaired) electrons. The van der Waals surface area contributed by atoms with Crippen LogP contribution in [0.15, 0.2) is 12.2 Å². The van der Waals surface area contributed by atoms with Crippen molar-refractivity contribution in [2.24, 2.45) is 5.73 Å². The predicted molar refractivity (Wildman–Crippen MR) is 93.1 cm³/mol. The number of unbranched alkanes of at least 4 members (excludes halogenated alkanes) is 13. The Morgan fingerprint density at radius 2 is 0.950 bits per heavy atom. The average Bonchev–Trinajstić information content (AvgIpc) is 2.47. The van der Waals surface area contributed by atoms with E-state index in [1.807, 2.05) is 0 Å². The summed E-state index contributed by atoms with van der Waals surface area (Å²) in [4.78, 5) is 0. The van der Waals surface area contributed by atoms with Gasteiger partial charge in [0.25, 0.3) is 0 Å². The van der Waals surface area contributed by atoms with Crippen LogP contribution in [-0.2, 0) is 0 Å². The highest BCUT2D eigenvalue weighted by atomic mass is 14.5. The summed E-state index contributed by atoms with van der Waals surface area (Å²) in [5.74, 6) is 0. The summed E-state index contributed by atoms with van der Waals surface area (Å²) >= 11 is 0. The van der Waals surface area contributed by atoms with E-state index in [1.54, 1.807) is 0 Å². The molecule has 0 spiro atoms. The zero-order chi connectivity index (χ0) is 14.7. The normalized spacial score (nSPS) is 11.5. The van der Waals surface area contributed by atoms with Crippen molar-refractivity contribution >= 4 is 0 Å². The Balaban J connectivity index is 3.01. The van der Waals surface area contributed by atoms with Crippen LogP contribution in [0, 0.1) is 0 Å². The number of allylic oxidation sites excluding steroid dienone is 2. The Morgan fingerprint density at radius 1 is 0.550 bits per heavy atom. The van der Waals surface area contributed by atoms with Gasteiger partial charge in [0.1, 0.15) is 0 Å². The fraction of sp³-hybridized carbons (Fsp3) is 0.895. The van der Waals surface area contributed by atoms with E-state index in [-0.39, 0.29) is 0 Å². The molecule has 0 aromatic heterocycles. The third-order valence-corrected chi connectivity index (χ3v) is 3.97. The topological polar surface area (TPSA) is 26.0 Å². The maximum atomic E-state index is 5.48. The van der Waals surface area contributed by atoms with E-state index in [9.17, 15) is 0 Å². The first kappa shape index (κ1) is 19.7. The molecule has 2 N–H and O–H groups in total. The summed E-state index contributed by atoms with van der Waals surface area (Å²) in [5, 5.41) is 0. The fourth-order valence-electron chi connectivity index (χ4n) is 2.57. The molecule has 0 aromatic carbocycles. The molecule has 0 aliphatic rings. The summed E-state index contributed by atoms with van der Waals surface area (Å²) in [6.07, 6.45) is 25.4. The molecule has 0 aliphatic heterocycles. The fourth-order valence-corrected chi connectivity index (χ4v) is 2.57. The van der Waals surface area contributed by atoms with Crippen molar-refractivity contribution in [2.75, 3.05) is 6.54 Å². The Labute approximate surface area is 128 Å². The highest BCUT2D eigenvalue weighted by Gasteiger charge is 1.90. The van der Waals surface area contributed by atoms with Gasteiger partial charge in [-0.05, 0) is 38.6 Å². The van der Waals surface area contributed by atoms with Gasteiger partial charge in [0, 0.05) is 0 Å². The van der Waals surface area contributed by atoms with Gasteiger partial charge in [0.2, 0.25) is 0 Å². The van der Waals surface area contributed by atoms with Gasteiger partial charge >= 0.3 is 0 Å². The van der Waals surface area contributed by atoms with Gasteiger partial charge in [-0.15, -0.1) is 0 Å². The maximum Gasteiger partial charge on any atom is -0.00773 e. The lowest BCUT2D eigenvalue weighted by Gasteiger charge is -2.00. The lowest BCUT2D eigenvalue weighted by molar-refractivity contribution is 0.590. The summed E-state index contributed by atoms with van der Waals surface area (Å²) < 4.78 is 0. The second kappa shape index (κ2) is 18.7. The van der Waals surface area contributed by atoms with Crippen LogP contribution < -0.4 is 5.73 Å². The minimum atomic E-state index is 0.862. The van der Waals surface area contributed by atoms with Gasteiger partial charge in [-0.25, -0.2) is 0 Å². The van der Waals surface area contributed by atoms with Crippen LogP contribution >= 0.6 is 0 Å². The van der Waals surface area contributed by atoms with Gasteiger partial charge in [0.05, 0.1) is 0 Å². The molecule has 0 amide bonds. The SMILES string of the molecule is CCCCCCCCC/C=C/CCCCCCCCN. The first-order valence-electron chi connectivity index (χ1n) is 9.27. The van der Waals surface area contributed by atoms with E-state index in [2.05, 4.69) is 19.1 Å². The molecule has 0 unspecified atom stereocenters. The van der Waals surface area contributed by atoms with Crippen LogP contribution in [0.2, 0.25) is 0 Å². The third kappa shape index (κ3) is 17.7. The second-order valence-corrected chi connectivity index (χ2v) is 6.08. The minimum absolute atomic E-state index is 0.862. The van der Waals surface area contributed by atoms with Crippen LogP contribution in [0.25, 0.3) is 0 Å². The number of hydrogen-bond acceptors (Lipinski definition) is 1. The zero-order valence-electron chi connectivity index (χ0n) is 14.0. The predicted octanol–water partition coefficient (Wildman–Crippen LogP) is 6.37. The van der Waals surface area contributed by atoms with Gasteiger partial charge in [-0.2, -0.15) is 0 Å². The minimum Gasteiger partial charge on any atom is -0.330 e. The molecule has 20 heavy (non-hydrogen) atoms. The standard InChI is InChI=1S/C19H39N/c1-2-3-4-5-6-7-8-9-10-11-12-13-14-15-16-17-18-19-20/h10-11H,2-9,12-20H2,1H3/b11-10+. The van der Waals surface area contributed by atoms with Crippen molar-refractivity contribution in [3.63, 3.8) is 0 Å². The molecular weight excluding hydrogens is 242 g/mol. The summed E-state index contributed by atoms with van der Waals surface area (Å²) in [7, 11) is 0. The van der Waals surface area contributed by atoms with Crippen LogP contribution in [-0.4, -0.2) is 6.54 Å². The molecule has 0 saturated carbocycles. The van der Waals surface area contributed by atoms with Crippen LogP contribution in [0.3, 0.4) is 0 Å². The highest BCUT2D eigenvalue weighted by Crippen LogP contribution is 2.10. The molecule has 0 saturated heterocycles. The molecule has 0 bridgehead atoms. The van der Waals surface area contributed by atoms with Crippen molar-refractivity contribution in [1.82, 2.24) is 0 Å². The van der Waals surface area contributed by atoms with Gasteiger partial charge in [-0.3, -0.25) is 0 Å². The molecule has 0 aliphatic carbocycles. The third-order valence-electron chi connectivity index (χ3n) is 3.97. The molecule has 1 nitrogen and oxygen atoms in total. The second-order valence-electron chi connectivity index (χ2n) is 6.08. The lowest BCUT2D eigenvalue weighted by Crippen LogP contribution is -1.97. The summed E-state index contributed by atoms with van der Waals surface area (Å²) in [6, 6.07) is 0. The van der Waals surface area contributed by atoms with Crippen molar-refractivity contribution < 1.29 is 0 Å². The Bertz CT molecular complexity index is 166. The Hall–Kier alpha value is -0.300. The first-order chi connectivity index (χ1) is 9.91. The van der Waals surface area contributed by atoms with E-state index in [0.29, 0.717) is 0 Å². The maximum absolute atomic E-state index is 5.48.